The first kappa shape index (κ1) is 13.9. The molecule has 2 N–H and O–H groups in total. The maximum Gasteiger partial charge on any atom is 0.137 e. The second-order valence-corrected chi connectivity index (χ2v) is 4.98. The lowest BCUT2D eigenvalue weighted by atomic mass is 10.1. The summed E-state index contributed by atoms with van der Waals surface area (Å²) in [7, 11) is 0. The minimum Gasteiger partial charge on any atom is -0.492 e. The Morgan fingerprint density at radius 1 is 1.37 bits per heavy atom. The molecule has 2 heterocycles. The van der Waals surface area contributed by atoms with Gasteiger partial charge in [0.05, 0.1) is 29.4 Å². The number of ether oxygens (including phenoxy) is 1. The minimum atomic E-state index is -0.241. The normalized spacial score (nSPS) is 12.4. The maximum atomic E-state index is 6.29. The molecule has 0 aromatic carbocycles. The fraction of sp³-hybridized carbons (Fsp3) is 0.462. The molecule has 5 nitrogen and oxygen atoms in total. The van der Waals surface area contributed by atoms with E-state index in [1.807, 2.05) is 13.0 Å². The van der Waals surface area contributed by atoms with Crippen LogP contribution in [0, 0.1) is 0 Å². The summed E-state index contributed by atoms with van der Waals surface area (Å²) in [5.74, 6) is 0.741. The van der Waals surface area contributed by atoms with Gasteiger partial charge in [-0.2, -0.15) is 0 Å². The second kappa shape index (κ2) is 6.58. The molecule has 2 rings (SSSR count). The van der Waals surface area contributed by atoms with Crippen molar-refractivity contribution >= 4 is 11.5 Å². The summed E-state index contributed by atoms with van der Waals surface area (Å²) in [5.41, 5.74) is 8.20. The van der Waals surface area contributed by atoms with Crippen molar-refractivity contribution in [2.45, 2.75) is 32.7 Å². The summed E-state index contributed by atoms with van der Waals surface area (Å²) in [6.45, 7) is 4.68. The predicted octanol–water partition coefficient (Wildman–Crippen LogP) is 2.33. The highest BCUT2D eigenvalue weighted by molar-refractivity contribution is 7.05. The number of nitrogens with zero attached hydrogens (tertiary/aromatic N) is 3. The van der Waals surface area contributed by atoms with Gasteiger partial charge in [0.15, 0.2) is 0 Å². The smallest absolute Gasteiger partial charge is 0.137 e. The van der Waals surface area contributed by atoms with Crippen molar-refractivity contribution in [3.63, 3.8) is 0 Å². The third-order valence-electron chi connectivity index (χ3n) is 2.76. The van der Waals surface area contributed by atoms with Crippen molar-refractivity contribution in [2.24, 2.45) is 5.73 Å². The highest BCUT2D eigenvalue weighted by Crippen LogP contribution is 2.27. The molecule has 2 aromatic heterocycles. The van der Waals surface area contributed by atoms with Gasteiger partial charge in [0.1, 0.15) is 5.75 Å². The molecule has 0 aliphatic rings. The van der Waals surface area contributed by atoms with Crippen molar-refractivity contribution in [1.82, 2.24) is 14.6 Å². The second-order valence-electron chi connectivity index (χ2n) is 4.20. The van der Waals surface area contributed by atoms with E-state index in [9.17, 15) is 0 Å². The SMILES string of the molecule is CCCc1nnsc1C(N)c1cncc(OCC)c1. The minimum absolute atomic E-state index is 0.241. The monoisotopic (exact) mass is 278 g/mol. The van der Waals surface area contributed by atoms with Crippen LogP contribution in [0.2, 0.25) is 0 Å². The fourth-order valence-corrected chi connectivity index (χ4v) is 2.59. The van der Waals surface area contributed by atoms with Gasteiger partial charge in [-0.25, -0.2) is 0 Å². The molecule has 0 aliphatic heterocycles. The quantitative estimate of drug-likeness (QED) is 0.878. The van der Waals surface area contributed by atoms with Crippen LogP contribution >= 0.6 is 11.5 Å². The van der Waals surface area contributed by atoms with E-state index in [2.05, 4.69) is 21.5 Å². The number of rotatable bonds is 6. The van der Waals surface area contributed by atoms with Crippen LogP contribution in [0.5, 0.6) is 5.75 Å². The van der Waals surface area contributed by atoms with Gasteiger partial charge in [0.25, 0.3) is 0 Å². The van der Waals surface area contributed by atoms with E-state index in [1.165, 1.54) is 11.5 Å². The molecule has 1 unspecified atom stereocenters. The zero-order valence-corrected chi connectivity index (χ0v) is 12.0. The van der Waals surface area contributed by atoms with Crippen molar-refractivity contribution in [3.8, 4) is 5.75 Å². The first-order valence-corrected chi connectivity index (χ1v) is 7.18. The molecule has 1 atom stereocenters. The lowest BCUT2D eigenvalue weighted by Gasteiger charge is -2.12. The zero-order chi connectivity index (χ0) is 13.7. The highest BCUT2D eigenvalue weighted by Gasteiger charge is 2.17. The summed E-state index contributed by atoms with van der Waals surface area (Å²) >= 11 is 1.36. The van der Waals surface area contributed by atoms with Crippen LogP contribution in [-0.2, 0) is 6.42 Å². The largest absolute Gasteiger partial charge is 0.492 e. The lowest BCUT2D eigenvalue weighted by molar-refractivity contribution is 0.338. The molecule has 0 radical (unpaired) electrons. The Bertz CT molecular complexity index is 529. The van der Waals surface area contributed by atoms with E-state index in [-0.39, 0.29) is 6.04 Å². The van der Waals surface area contributed by atoms with Crippen LogP contribution in [-0.4, -0.2) is 21.2 Å². The van der Waals surface area contributed by atoms with Crippen LogP contribution in [0.1, 0.15) is 42.4 Å². The van der Waals surface area contributed by atoms with Crippen molar-refractivity contribution in [2.75, 3.05) is 6.61 Å². The molecule has 0 fully saturated rings. The first-order chi connectivity index (χ1) is 9.26. The lowest BCUT2D eigenvalue weighted by Crippen LogP contribution is -2.13. The summed E-state index contributed by atoms with van der Waals surface area (Å²) in [6, 6.07) is 1.69. The van der Waals surface area contributed by atoms with Crippen LogP contribution in [0.25, 0.3) is 0 Å². The van der Waals surface area contributed by atoms with Gasteiger partial charge in [-0.3, -0.25) is 4.98 Å². The van der Waals surface area contributed by atoms with Crippen molar-refractivity contribution < 1.29 is 4.74 Å². The third-order valence-corrected chi connectivity index (χ3v) is 3.61. The molecule has 6 heteroatoms. The Hall–Kier alpha value is -1.53. The van der Waals surface area contributed by atoms with E-state index in [0.717, 1.165) is 34.7 Å². The van der Waals surface area contributed by atoms with E-state index < -0.39 is 0 Å². The molecule has 0 amide bonds. The van der Waals surface area contributed by atoms with Crippen molar-refractivity contribution in [1.29, 1.82) is 0 Å². The number of pyridine rings is 1. The van der Waals surface area contributed by atoms with Crippen LogP contribution in [0.3, 0.4) is 0 Å². The highest BCUT2D eigenvalue weighted by atomic mass is 32.1. The average molecular weight is 278 g/mol. The van der Waals surface area contributed by atoms with Crippen LogP contribution < -0.4 is 10.5 Å². The summed E-state index contributed by atoms with van der Waals surface area (Å²) < 4.78 is 9.45. The maximum absolute atomic E-state index is 6.29. The van der Waals surface area contributed by atoms with E-state index in [0.29, 0.717) is 6.61 Å². The number of aromatic nitrogens is 3. The molecule has 102 valence electrons. The Balaban J connectivity index is 2.25. The number of aryl methyl sites for hydroxylation is 1. The number of hydrogen-bond donors (Lipinski definition) is 1. The molecule has 0 saturated carbocycles. The number of hydrogen-bond acceptors (Lipinski definition) is 6. The molecule has 0 aliphatic carbocycles. The first-order valence-electron chi connectivity index (χ1n) is 6.40. The fourth-order valence-electron chi connectivity index (χ4n) is 1.86. The molecule has 0 spiro atoms. The molecule has 2 aromatic rings. The number of nitrogens with two attached hydrogens (primary N) is 1. The topological polar surface area (TPSA) is 73.9 Å². The van der Waals surface area contributed by atoms with E-state index in [1.54, 1.807) is 12.4 Å². The predicted molar refractivity (Wildman–Crippen MR) is 75.3 cm³/mol. The Kier molecular flexibility index (Phi) is 4.81. The molecular formula is C13H18N4OS. The van der Waals surface area contributed by atoms with E-state index >= 15 is 0 Å². The summed E-state index contributed by atoms with van der Waals surface area (Å²) in [5, 5.41) is 4.15. The molecule has 0 saturated heterocycles. The van der Waals surface area contributed by atoms with Gasteiger partial charge in [-0.05, 0) is 36.5 Å². The Morgan fingerprint density at radius 2 is 2.21 bits per heavy atom. The summed E-state index contributed by atoms with van der Waals surface area (Å²) in [6.07, 6.45) is 5.39. The van der Waals surface area contributed by atoms with Crippen LogP contribution in [0.15, 0.2) is 18.5 Å². The Morgan fingerprint density at radius 3 is 2.95 bits per heavy atom. The van der Waals surface area contributed by atoms with Gasteiger partial charge >= 0.3 is 0 Å². The molecule has 0 bridgehead atoms. The van der Waals surface area contributed by atoms with E-state index in [4.69, 9.17) is 10.5 Å². The average Bonchev–Trinajstić information content (AvgIpc) is 2.87. The zero-order valence-electron chi connectivity index (χ0n) is 11.2. The van der Waals surface area contributed by atoms with Gasteiger partial charge in [0.2, 0.25) is 0 Å². The van der Waals surface area contributed by atoms with Crippen LogP contribution in [0.4, 0.5) is 0 Å². The standard InChI is InChI=1S/C13H18N4OS/c1-3-5-11-13(19-17-16-11)12(14)9-6-10(18-4-2)8-15-7-9/h6-8,12H,3-5,14H2,1-2H3. The molecular weight excluding hydrogens is 260 g/mol. The Labute approximate surface area is 117 Å². The van der Waals surface area contributed by atoms with Gasteiger partial charge in [0, 0.05) is 6.20 Å². The van der Waals surface area contributed by atoms with Gasteiger partial charge in [-0.15, -0.1) is 5.10 Å². The third kappa shape index (κ3) is 3.27. The summed E-state index contributed by atoms with van der Waals surface area (Å²) in [4.78, 5) is 5.18. The van der Waals surface area contributed by atoms with Gasteiger partial charge in [-0.1, -0.05) is 17.8 Å². The molecule has 19 heavy (non-hydrogen) atoms. The van der Waals surface area contributed by atoms with Crippen molar-refractivity contribution in [3.05, 3.63) is 34.6 Å². The van der Waals surface area contributed by atoms with Gasteiger partial charge < -0.3 is 10.5 Å².